The van der Waals surface area contributed by atoms with Gasteiger partial charge in [0.15, 0.2) is 0 Å². The van der Waals surface area contributed by atoms with Crippen molar-refractivity contribution < 1.29 is 23.8 Å². The average molecular weight is 450 g/mol. The molecule has 0 aliphatic carbocycles. The third-order valence-electron chi connectivity index (χ3n) is 5.45. The fourth-order valence-electron chi connectivity index (χ4n) is 3.65. The highest BCUT2D eigenvalue weighted by atomic mass is 19.1. The number of ether oxygens (including phenoxy) is 1. The summed E-state index contributed by atoms with van der Waals surface area (Å²) in [5.41, 5.74) is 2.50. The van der Waals surface area contributed by atoms with Crippen LogP contribution in [0.5, 0.6) is 5.75 Å². The molecule has 3 rings (SSSR count). The Morgan fingerprint density at radius 2 is 1.70 bits per heavy atom. The molecule has 0 aromatic heterocycles. The first kappa shape index (κ1) is 24.0. The lowest BCUT2D eigenvalue weighted by Gasteiger charge is -2.22. The van der Waals surface area contributed by atoms with Crippen LogP contribution in [0.25, 0.3) is 0 Å². The topological polar surface area (TPSA) is 75.6 Å². The molecule has 33 heavy (non-hydrogen) atoms. The largest absolute Gasteiger partial charge is 0.484 e. The normalized spacial score (nSPS) is 12.6. The summed E-state index contributed by atoms with van der Waals surface area (Å²) in [7, 11) is 0. The summed E-state index contributed by atoms with van der Waals surface area (Å²) in [4.78, 5) is 23.9. The van der Waals surface area contributed by atoms with Gasteiger partial charge >= 0.3 is 5.97 Å². The molecule has 0 aliphatic heterocycles. The zero-order valence-electron chi connectivity index (χ0n) is 18.8. The van der Waals surface area contributed by atoms with E-state index in [1.54, 1.807) is 30.3 Å². The van der Waals surface area contributed by atoms with E-state index >= 15 is 0 Å². The van der Waals surface area contributed by atoms with Crippen LogP contribution >= 0.6 is 0 Å². The van der Waals surface area contributed by atoms with E-state index in [9.17, 15) is 14.0 Å². The molecule has 2 atom stereocenters. The van der Waals surface area contributed by atoms with E-state index in [4.69, 9.17) is 9.84 Å². The van der Waals surface area contributed by atoms with Gasteiger partial charge in [0.1, 0.15) is 17.7 Å². The van der Waals surface area contributed by atoms with Gasteiger partial charge in [0.05, 0.1) is 18.5 Å². The van der Waals surface area contributed by atoms with Gasteiger partial charge in [0.2, 0.25) is 5.91 Å². The Hall–Kier alpha value is -3.67. The van der Waals surface area contributed by atoms with Crippen molar-refractivity contribution in [3.05, 3.63) is 95.3 Å². The molecular formula is C27H28FNO4. The number of amides is 1. The minimum absolute atomic E-state index is 0.0373. The zero-order valence-corrected chi connectivity index (χ0v) is 18.8. The molecule has 2 N–H and O–H groups in total. The van der Waals surface area contributed by atoms with Gasteiger partial charge in [-0.15, -0.1) is 0 Å². The van der Waals surface area contributed by atoms with E-state index < -0.39 is 11.8 Å². The second-order valence-corrected chi connectivity index (χ2v) is 8.00. The second kappa shape index (κ2) is 11.3. The fraction of sp³-hybridized carbons (Fsp3) is 0.259. The molecule has 0 heterocycles. The number of carbonyl (C=O) groups excluding carboxylic acids is 1. The van der Waals surface area contributed by atoms with Crippen molar-refractivity contribution in [1.82, 2.24) is 0 Å². The Kier molecular flexibility index (Phi) is 8.19. The Morgan fingerprint density at radius 1 is 1.00 bits per heavy atom. The summed E-state index contributed by atoms with van der Waals surface area (Å²) >= 11 is 0. The molecule has 0 saturated carbocycles. The Balaban J connectivity index is 1.88. The lowest BCUT2D eigenvalue weighted by Crippen LogP contribution is -2.17. The number of nitrogens with one attached hydrogen (secondary N) is 1. The molecule has 3 aromatic carbocycles. The van der Waals surface area contributed by atoms with Crippen LogP contribution in [0.2, 0.25) is 0 Å². The van der Waals surface area contributed by atoms with E-state index in [0.29, 0.717) is 23.4 Å². The van der Waals surface area contributed by atoms with E-state index in [-0.39, 0.29) is 30.8 Å². The van der Waals surface area contributed by atoms with Crippen LogP contribution in [0.4, 0.5) is 10.1 Å². The first-order valence-electron chi connectivity index (χ1n) is 11.0. The molecule has 1 amide bonds. The van der Waals surface area contributed by atoms with Gasteiger partial charge in [-0.2, -0.15) is 0 Å². The number of halogens is 1. The second-order valence-electron chi connectivity index (χ2n) is 8.00. The van der Waals surface area contributed by atoms with Gasteiger partial charge in [0.25, 0.3) is 0 Å². The lowest BCUT2D eigenvalue weighted by molar-refractivity contribution is -0.137. The monoisotopic (exact) mass is 449 g/mol. The van der Waals surface area contributed by atoms with Crippen molar-refractivity contribution in [2.45, 2.75) is 45.1 Å². The molecule has 0 radical (unpaired) electrons. The van der Waals surface area contributed by atoms with Crippen molar-refractivity contribution >= 4 is 17.6 Å². The van der Waals surface area contributed by atoms with Crippen molar-refractivity contribution in [2.75, 3.05) is 5.32 Å². The number of carboxylic acid groups (broad SMARTS) is 1. The lowest BCUT2D eigenvalue weighted by atomic mass is 9.97. The van der Waals surface area contributed by atoms with Crippen molar-refractivity contribution in [2.24, 2.45) is 0 Å². The van der Waals surface area contributed by atoms with Gasteiger partial charge in [-0.25, -0.2) is 4.39 Å². The van der Waals surface area contributed by atoms with Crippen LogP contribution in [0.15, 0.2) is 72.8 Å². The number of benzene rings is 3. The van der Waals surface area contributed by atoms with Gasteiger partial charge in [-0.05, 0) is 47.2 Å². The summed E-state index contributed by atoms with van der Waals surface area (Å²) in [6, 6.07) is 21.2. The van der Waals surface area contributed by atoms with Crippen LogP contribution < -0.4 is 10.1 Å². The minimum atomic E-state index is -0.900. The molecule has 0 fully saturated rings. The van der Waals surface area contributed by atoms with Gasteiger partial charge in [-0.1, -0.05) is 68.4 Å². The number of rotatable bonds is 10. The van der Waals surface area contributed by atoms with Crippen LogP contribution in [-0.4, -0.2) is 17.0 Å². The maximum absolute atomic E-state index is 14.0. The van der Waals surface area contributed by atoms with Gasteiger partial charge in [-0.3, -0.25) is 9.59 Å². The standard InChI is InChI=1S/C27H28FNO4/c1-3-24(19-9-5-4-6-10-19)33-25-14-13-20(18(2)15-27(31)32)16-23(25)29-26(30)17-21-11-7-8-12-22(21)28/h4-14,16,18,24H,3,15,17H2,1-2H3,(H,29,30)(H,31,32). The first-order chi connectivity index (χ1) is 15.9. The van der Waals surface area contributed by atoms with Crippen LogP contribution in [0.1, 0.15) is 55.4 Å². The quantitative estimate of drug-likeness (QED) is 0.391. The summed E-state index contributed by atoms with van der Waals surface area (Å²) in [5.74, 6) is -1.51. The van der Waals surface area contributed by atoms with Gasteiger partial charge in [0, 0.05) is 0 Å². The third-order valence-corrected chi connectivity index (χ3v) is 5.45. The highest BCUT2D eigenvalue weighted by molar-refractivity contribution is 5.94. The van der Waals surface area contributed by atoms with Crippen molar-refractivity contribution in [3.8, 4) is 5.75 Å². The molecular weight excluding hydrogens is 421 g/mol. The summed E-state index contributed by atoms with van der Waals surface area (Å²) in [6.07, 6.45) is 0.321. The number of carbonyl (C=O) groups is 2. The van der Waals surface area contributed by atoms with E-state index in [0.717, 1.165) is 11.1 Å². The predicted molar refractivity (Wildman–Crippen MR) is 126 cm³/mol. The fourth-order valence-corrected chi connectivity index (χ4v) is 3.65. The molecule has 0 spiro atoms. The Morgan fingerprint density at radius 3 is 2.36 bits per heavy atom. The molecule has 2 unspecified atom stereocenters. The Labute approximate surface area is 193 Å². The summed E-state index contributed by atoms with van der Waals surface area (Å²) < 4.78 is 20.3. The molecule has 172 valence electrons. The molecule has 0 bridgehead atoms. The molecule has 5 nitrogen and oxygen atoms in total. The zero-order chi connectivity index (χ0) is 23.8. The highest BCUT2D eigenvalue weighted by Gasteiger charge is 2.18. The first-order valence-corrected chi connectivity index (χ1v) is 11.0. The maximum Gasteiger partial charge on any atom is 0.303 e. The van der Waals surface area contributed by atoms with E-state index in [1.165, 1.54) is 6.07 Å². The van der Waals surface area contributed by atoms with Crippen LogP contribution in [-0.2, 0) is 16.0 Å². The van der Waals surface area contributed by atoms with Crippen molar-refractivity contribution in [1.29, 1.82) is 0 Å². The molecule has 6 heteroatoms. The number of hydrogen-bond donors (Lipinski definition) is 2. The number of carboxylic acids is 1. The summed E-state index contributed by atoms with van der Waals surface area (Å²) in [6.45, 7) is 3.82. The smallest absolute Gasteiger partial charge is 0.303 e. The number of anilines is 1. The predicted octanol–water partition coefficient (Wildman–Crippen LogP) is 6.12. The van der Waals surface area contributed by atoms with E-state index in [1.807, 2.05) is 50.2 Å². The van der Waals surface area contributed by atoms with Gasteiger partial charge < -0.3 is 15.2 Å². The molecule has 0 saturated heterocycles. The Bertz CT molecular complexity index is 1100. The third kappa shape index (κ3) is 6.65. The average Bonchev–Trinajstić information content (AvgIpc) is 2.79. The summed E-state index contributed by atoms with van der Waals surface area (Å²) in [5, 5.41) is 12.0. The van der Waals surface area contributed by atoms with E-state index in [2.05, 4.69) is 5.32 Å². The maximum atomic E-state index is 14.0. The van der Waals surface area contributed by atoms with Crippen molar-refractivity contribution in [3.63, 3.8) is 0 Å². The number of aliphatic carboxylic acids is 1. The van der Waals surface area contributed by atoms with Crippen LogP contribution in [0.3, 0.4) is 0 Å². The minimum Gasteiger partial charge on any atom is -0.484 e. The SMILES string of the molecule is CCC(Oc1ccc(C(C)CC(=O)O)cc1NC(=O)Cc1ccccc1F)c1ccccc1. The number of hydrogen-bond acceptors (Lipinski definition) is 3. The van der Waals surface area contributed by atoms with Crippen LogP contribution in [0, 0.1) is 5.82 Å². The molecule has 3 aromatic rings. The highest BCUT2D eigenvalue weighted by Crippen LogP contribution is 2.34. The molecule has 0 aliphatic rings.